The lowest BCUT2D eigenvalue weighted by atomic mass is 9.73. The number of amides is 1. The number of hydrogen-bond donors (Lipinski definition) is 2. The summed E-state index contributed by atoms with van der Waals surface area (Å²) < 4.78 is 0. The summed E-state index contributed by atoms with van der Waals surface area (Å²) in [6.45, 7) is 6.05. The van der Waals surface area contributed by atoms with E-state index in [9.17, 15) is 4.79 Å². The summed E-state index contributed by atoms with van der Waals surface area (Å²) in [5.41, 5.74) is 0.268. The Labute approximate surface area is 105 Å². The molecule has 0 radical (unpaired) electrons. The highest BCUT2D eigenvalue weighted by molar-refractivity contribution is 5.78. The van der Waals surface area contributed by atoms with Gasteiger partial charge in [-0.25, -0.2) is 0 Å². The third-order valence-electron chi connectivity index (χ3n) is 4.26. The quantitative estimate of drug-likeness (QED) is 0.770. The van der Waals surface area contributed by atoms with Crippen LogP contribution >= 0.6 is 0 Å². The van der Waals surface area contributed by atoms with Gasteiger partial charge in [-0.1, -0.05) is 26.7 Å². The Morgan fingerprint density at radius 3 is 2.65 bits per heavy atom. The second kappa shape index (κ2) is 5.38. The van der Waals surface area contributed by atoms with Crippen molar-refractivity contribution in [1.29, 1.82) is 0 Å². The minimum absolute atomic E-state index is 0.172. The first-order valence-corrected chi connectivity index (χ1v) is 7.08. The van der Waals surface area contributed by atoms with E-state index in [2.05, 4.69) is 24.5 Å². The number of carbonyl (C=O) groups is 1. The zero-order valence-electron chi connectivity index (χ0n) is 11.2. The monoisotopic (exact) mass is 238 g/mol. The second-order valence-corrected chi connectivity index (χ2v) is 6.43. The van der Waals surface area contributed by atoms with E-state index in [0.717, 1.165) is 18.9 Å². The number of carbonyl (C=O) groups excluding carboxylic acids is 1. The summed E-state index contributed by atoms with van der Waals surface area (Å²) >= 11 is 0. The predicted octanol–water partition coefficient (Wildman–Crippen LogP) is 2.07. The van der Waals surface area contributed by atoms with Gasteiger partial charge < -0.3 is 10.6 Å². The molecule has 2 rings (SSSR count). The molecule has 2 fully saturated rings. The van der Waals surface area contributed by atoms with Crippen LogP contribution in [0.1, 0.15) is 52.4 Å². The van der Waals surface area contributed by atoms with E-state index in [0.29, 0.717) is 12.6 Å². The molecule has 1 atom stereocenters. The molecule has 0 heterocycles. The molecule has 3 heteroatoms. The van der Waals surface area contributed by atoms with Crippen molar-refractivity contribution in [2.45, 2.75) is 58.4 Å². The molecular formula is C14H26N2O. The van der Waals surface area contributed by atoms with Crippen LogP contribution in [0.4, 0.5) is 0 Å². The average molecular weight is 238 g/mol. The molecule has 2 saturated carbocycles. The normalized spacial score (nSPS) is 27.8. The number of rotatable bonds is 5. The maximum absolute atomic E-state index is 11.8. The molecule has 2 aliphatic rings. The molecule has 0 bridgehead atoms. The van der Waals surface area contributed by atoms with Crippen LogP contribution in [0.2, 0.25) is 0 Å². The molecule has 0 saturated heterocycles. The summed E-state index contributed by atoms with van der Waals surface area (Å²) in [6.07, 6.45) is 7.60. The van der Waals surface area contributed by atoms with Crippen molar-refractivity contribution in [3.05, 3.63) is 0 Å². The summed E-state index contributed by atoms with van der Waals surface area (Å²) in [6, 6.07) is 0.367. The smallest absolute Gasteiger partial charge is 0.234 e. The number of nitrogens with one attached hydrogen (secondary N) is 2. The van der Waals surface area contributed by atoms with Crippen LogP contribution in [0.5, 0.6) is 0 Å². The van der Waals surface area contributed by atoms with Gasteiger partial charge in [-0.15, -0.1) is 0 Å². The minimum atomic E-state index is 0.172. The predicted molar refractivity (Wildman–Crippen MR) is 69.8 cm³/mol. The highest BCUT2D eigenvalue weighted by Crippen LogP contribution is 2.35. The van der Waals surface area contributed by atoms with Gasteiger partial charge in [0.15, 0.2) is 0 Å². The Hall–Kier alpha value is -0.570. The molecule has 2 aliphatic carbocycles. The van der Waals surface area contributed by atoms with Gasteiger partial charge in [0.2, 0.25) is 5.91 Å². The Bertz CT molecular complexity index is 271. The highest BCUT2D eigenvalue weighted by Gasteiger charge is 2.33. The van der Waals surface area contributed by atoms with Crippen molar-refractivity contribution >= 4 is 5.91 Å². The fraction of sp³-hybridized carbons (Fsp3) is 0.929. The maximum Gasteiger partial charge on any atom is 0.234 e. The molecule has 0 spiro atoms. The minimum Gasteiger partial charge on any atom is -0.352 e. The van der Waals surface area contributed by atoms with Crippen LogP contribution < -0.4 is 10.6 Å². The lowest BCUT2D eigenvalue weighted by Gasteiger charge is -2.39. The van der Waals surface area contributed by atoms with E-state index < -0.39 is 0 Å². The molecule has 3 nitrogen and oxygen atoms in total. The third-order valence-corrected chi connectivity index (χ3v) is 4.26. The number of hydrogen-bond acceptors (Lipinski definition) is 2. The van der Waals surface area contributed by atoms with E-state index in [4.69, 9.17) is 0 Å². The second-order valence-electron chi connectivity index (χ2n) is 6.43. The molecule has 98 valence electrons. The van der Waals surface area contributed by atoms with Gasteiger partial charge in [-0.3, -0.25) is 4.79 Å². The van der Waals surface area contributed by atoms with Crippen molar-refractivity contribution in [3.63, 3.8) is 0 Å². The fourth-order valence-electron chi connectivity index (χ4n) is 2.72. The van der Waals surface area contributed by atoms with Crippen LogP contribution in [-0.4, -0.2) is 25.0 Å². The molecule has 2 N–H and O–H groups in total. The Morgan fingerprint density at radius 2 is 2.00 bits per heavy atom. The van der Waals surface area contributed by atoms with E-state index in [1.54, 1.807) is 0 Å². The van der Waals surface area contributed by atoms with Crippen LogP contribution in [0.3, 0.4) is 0 Å². The molecule has 17 heavy (non-hydrogen) atoms. The first-order valence-electron chi connectivity index (χ1n) is 7.08. The lowest BCUT2D eigenvalue weighted by molar-refractivity contribution is -0.122. The van der Waals surface area contributed by atoms with Gasteiger partial charge in [-0.2, -0.15) is 0 Å². The molecule has 1 unspecified atom stereocenters. The van der Waals surface area contributed by atoms with Gasteiger partial charge in [0.1, 0.15) is 0 Å². The lowest BCUT2D eigenvalue weighted by Crippen LogP contribution is -2.49. The molecular weight excluding hydrogens is 212 g/mol. The standard InChI is InChI=1S/C14H26N2O/c1-14(2)8-4-3-5-12(14)16-13(17)10-15-9-11-6-7-11/h11-12,15H,3-10H2,1-2H3,(H,16,17). The van der Waals surface area contributed by atoms with Crippen molar-refractivity contribution in [2.75, 3.05) is 13.1 Å². The Kier molecular flexibility index (Phi) is 4.08. The van der Waals surface area contributed by atoms with Crippen molar-refractivity contribution in [2.24, 2.45) is 11.3 Å². The van der Waals surface area contributed by atoms with E-state index in [-0.39, 0.29) is 11.3 Å². The summed E-state index contributed by atoms with van der Waals surface area (Å²) in [7, 11) is 0. The van der Waals surface area contributed by atoms with Gasteiger partial charge in [-0.05, 0) is 43.6 Å². The Morgan fingerprint density at radius 1 is 1.24 bits per heavy atom. The highest BCUT2D eigenvalue weighted by atomic mass is 16.2. The van der Waals surface area contributed by atoms with Gasteiger partial charge in [0.05, 0.1) is 6.54 Å². The summed E-state index contributed by atoms with van der Waals surface area (Å²) in [4.78, 5) is 11.8. The SMILES string of the molecule is CC1(C)CCCCC1NC(=O)CNCC1CC1. The van der Waals surface area contributed by atoms with Crippen LogP contribution in [0.25, 0.3) is 0 Å². The molecule has 1 amide bonds. The van der Waals surface area contributed by atoms with Crippen molar-refractivity contribution in [3.8, 4) is 0 Å². The van der Waals surface area contributed by atoms with Gasteiger partial charge >= 0.3 is 0 Å². The first-order chi connectivity index (χ1) is 8.08. The third kappa shape index (κ3) is 3.98. The van der Waals surface area contributed by atoms with E-state index in [1.165, 1.54) is 32.1 Å². The molecule has 0 aliphatic heterocycles. The fourth-order valence-corrected chi connectivity index (χ4v) is 2.72. The first kappa shape index (κ1) is 12.9. The van der Waals surface area contributed by atoms with E-state index >= 15 is 0 Å². The molecule has 0 aromatic heterocycles. The van der Waals surface area contributed by atoms with E-state index in [1.807, 2.05) is 0 Å². The topological polar surface area (TPSA) is 41.1 Å². The van der Waals surface area contributed by atoms with Gasteiger partial charge in [0, 0.05) is 6.04 Å². The average Bonchev–Trinajstić information content (AvgIpc) is 3.05. The van der Waals surface area contributed by atoms with Gasteiger partial charge in [0.25, 0.3) is 0 Å². The zero-order valence-corrected chi connectivity index (χ0v) is 11.2. The van der Waals surface area contributed by atoms with Crippen molar-refractivity contribution in [1.82, 2.24) is 10.6 Å². The molecule has 0 aromatic rings. The molecule has 0 aromatic carbocycles. The summed E-state index contributed by atoms with van der Waals surface area (Å²) in [5, 5.41) is 6.45. The van der Waals surface area contributed by atoms with Crippen LogP contribution in [0.15, 0.2) is 0 Å². The zero-order chi connectivity index (χ0) is 12.3. The maximum atomic E-state index is 11.8. The summed E-state index contributed by atoms with van der Waals surface area (Å²) in [5.74, 6) is 1.01. The van der Waals surface area contributed by atoms with Crippen LogP contribution in [-0.2, 0) is 4.79 Å². The van der Waals surface area contributed by atoms with Crippen molar-refractivity contribution < 1.29 is 4.79 Å². The Balaban J connectivity index is 1.68. The van der Waals surface area contributed by atoms with Crippen LogP contribution in [0, 0.1) is 11.3 Å². The largest absolute Gasteiger partial charge is 0.352 e.